The molecular weight excluding hydrogens is 352 g/mol. The number of nitrogens with zero attached hydrogens (tertiary/aromatic N) is 3. The summed E-state index contributed by atoms with van der Waals surface area (Å²) in [5, 5.41) is 2.31. The molecule has 1 aliphatic rings. The molecular formula is C17H16F4N4O. The van der Waals surface area contributed by atoms with E-state index in [1.54, 1.807) is 0 Å². The predicted octanol–water partition coefficient (Wildman–Crippen LogP) is 3.88. The molecule has 1 aliphatic heterocycles. The fourth-order valence-electron chi connectivity index (χ4n) is 2.78. The van der Waals surface area contributed by atoms with Crippen LogP contribution in [0.25, 0.3) is 0 Å². The van der Waals surface area contributed by atoms with Crippen molar-refractivity contribution in [1.29, 1.82) is 0 Å². The van der Waals surface area contributed by atoms with Crippen LogP contribution < -0.4 is 10.2 Å². The van der Waals surface area contributed by atoms with Crippen LogP contribution in [0.1, 0.15) is 35.3 Å². The number of carbonyl (C=O) groups is 1. The van der Waals surface area contributed by atoms with Crippen molar-refractivity contribution in [1.82, 2.24) is 9.97 Å². The smallest absolute Gasteiger partial charge is 0.357 e. The molecule has 0 radical (unpaired) electrons. The molecule has 2 aromatic rings. The first-order chi connectivity index (χ1) is 12.3. The Morgan fingerprint density at radius 1 is 1.08 bits per heavy atom. The first kappa shape index (κ1) is 18.1. The van der Waals surface area contributed by atoms with Gasteiger partial charge in [0.05, 0.1) is 5.56 Å². The van der Waals surface area contributed by atoms with Gasteiger partial charge in [0.25, 0.3) is 5.91 Å². The Morgan fingerprint density at radius 3 is 2.50 bits per heavy atom. The van der Waals surface area contributed by atoms with Crippen LogP contribution in [-0.4, -0.2) is 29.0 Å². The highest BCUT2D eigenvalue weighted by atomic mass is 19.4. The van der Waals surface area contributed by atoms with E-state index < -0.39 is 23.5 Å². The number of rotatable bonds is 3. The monoisotopic (exact) mass is 368 g/mol. The van der Waals surface area contributed by atoms with Gasteiger partial charge in [-0.25, -0.2) is 14.4 Å². The Hall–Kier alpha value is -2.71. The lowest BCUT2D eigenvalue weighted by atomic mass is 10.1. The molecule has 0 aliphatic carbocycles. The zero-order valence-electron chi connectivity index (χ0n) is 13.7. The molecule has 3 rings (SSSR count). The fourth-order valence-corrected chi connectivity index (χ4v) is 2.78. The van der Waals surface area contributed by atoms with Gasteiger partial charge in [0.15, 0.2) is 0 Å². The van der Waals surface area contributed by atoms with E-state index in [2.05, 4.69) is 15.3 Å². The number of anilines is 2. The maximum Gasteiger partial charge on any atom is 0.419 e. The molecule has 0 spiro atoms. The van der Waals surface area contributed by atoms with Crippen molar-refractivity contribution in [2.75, 3.05) is 23.3 Å². The van der Waals surface area contributed by atoms with Gasteiger partial charge in [-0.3, -0.25) is 4.79 Å². The van der Waals surface area contributed by atoms with E-state index >= 15 is 0 Å². The highest BCUT2D eigenvalue weighted by molar-refractivity contribution is 6.03. The Balaban J connectivity index is 1.78. The van der Waals surface area contributed by atoms with Gasteiger partial charge in [0.2, 0.25) is 0 Å². The van der Waals surface area contributed by atoms with E-state index in [4.69, 9.17) is 0 Å². The molecule has 9 heteroatoms. The number of hydrogen-bond donors (Lipinski definition) is 1. The summed E-state index contributed by atoms with van der Waals surface area (Å²) in [6.45, 7) is 1.65. The van der Waals surface area contributed by atoms with E-state index in [1.807, 2.05) is 4.90 Å². The van der Waals surface area contributed by atoms with E-state index in [-0.39, 0.29) is 11.4 Å². The minimum absolute atomic E-state index is 0.0263. The molecule has 1 fully saturated rings. The van der Waals surface area contributed by atoms with Crippen molar-refractivity contribution in [3.63, 3.8) is 0 Å². The normalized spacial score (nSPS) is 15.0. The molecule has 0 bridgehead atoms. The van der Waals surface area contributed by atoms with Gasteiger partial charge in [-0.1, -0.05) is 0 Å². The minimum atomic E-state index is -4.85. The number of halogens is 4. The van der Waals surface area contributed by atoms with Gasteiger partial charge in [-0.2, -0.15) is 13.2 Å². The summed E-state index contributed by atoms with van der Waals surface area (Å²) in [6, 6.07) is 3.78. The van der Waals surface area contributed by atoms with Crippen LogP contribution in [0.3, 0.4) is 0 Å². The first-order valence-corrected chi connectivity index (χ1v) is 8.10. The second-order valence-electron chi connectivity index (χ2n) is 5.96. The quantitative estimate of drug-likeness (QED) is 0.836. The van der Waals surface area contributed by atoms with Crippen LogP contribution in [0.5, 0.6) is 0 Å². The molecule has 0 atom stereocenters. The zero-order valence-corrected chi connectivity index (χ0v) is 13.7. The van der Waals surface area contributed by atoms with Gasteiger partial charge in [-0.15, -0.1) is 0 Å². The van der Waals surface area contributed by atoms with Crippen molar-refractivity contribution >= 4 is 17.4 Å². The maximum absolute atomic E-state index is 13.3. The summed E-state index contributed by atoms with van der Waals surface area (Å²) in [5.41, 5.74) is -1.58. The van der Waals surface area contributed by atoms with Gasteiger partial charge >= 0.3 is 6.18 Å². The summed E-state index contributed by atoms with van der Waals surface area (Å²) in [7, 11) is 0. The molecule has 1 aromatic heterocycles. The zero-order chi connectivity index (χ0) is 18.7. The van der Waals surface area contributed by atoms with Gasteiger partial charge in [0, 0.05) is 24.8 Å². The van der Waals surface area contributed by atoms with Crippen LogP contribution in [0.2, 0.25) is 0 Å². The van der Waals surface area contributed by atoms with Crippen molar-refractivity contribution < 1.29 is 22.4 Å². The number of aromatic nitrogens is 2. The number of hydrogen-bond acceptors (Lipinski definition) is 4. The molecule has 138 valence electrons. The van der Waals surface area contributed by atoms with Gasteiger partial charge < -0.3 is 10.2 Å². The second-order valence-corrected chi connectivity index (χ2v) is 5.96. The van der Waals surface area contributed by atoms with Gasteiger partial charge in [0.1, 0.15) is 23.7 Å². The van der Waals surface area contributed by atoms with Crippen LogP contribution in [0.4, 0.5) is 29.1 Å². The summed E-state index contributed by atoms with van der Waals surface area (Å²) in [5.74, 6) is -1.49. The Morgan fingerprint density at radius 2 is 1.81 bits per heavy atom. The predicted molar refractivity (Wildman–Crippen MR) is 87.5 cm³/mol. The Labute approximate surface area is 147 Å². The lowest BCUT2D eigenvalue weighted by Gasteiger charge is -2.27. The van der Waals surface area contributed by atoms with Crippen molar-refractivity contribution in [3.8, 4) is 0 Å². The number of piperidine rings is 1. The summed E-state index contributed by atoms with van der Waals surface area (Å²) < 4.78 is 51.6. The number of alkyl halides is 3. The molecule has 2 heterocycles. The van der Waals surface area contributed by atoms with Crippen LogP contribution in [0.15, 0.2) is 30.6 Å². The second kappa shape index (κ2) is 7.27. The molecule has 0 saturated carbocycles. The summed E-state index contributed by atoms with van der Waals surface area (Å²) in [4.78, 5) is 22.3. The van der Waals surface area contributed by atoms with Crippen LogP contribution in [-0.2, 0) is 6.18 Å². The molecule has 1 N–H and O–H groups in total. The fraction of sp³-hybridized carbons (Fsp3) is 0.353. The van der Waals surface area contributed by atoms with Crippen molar-refractivity contribution in [2.24, 2.45) is 0 Å². The van der Waals surface area contributed by atoms with Crippen LogP contribution in [0, 0.1) is 5.82 Å². The Bertz CT molecular complexity index is 804. The number of nitrogens with one attached hydrogen (secondary N) is 1. The largest absolute Gasteiger partial charge is 0.419 e. The highest BCUT2D eigenvalue weighted by Crippen LogP contribution is 2.33. The average molecular weight is 368 g/mol. The lowest BCUT2D eigenvalue weighted by molar-refractivity contribution is -0.139. The molecule has 26 heavy (non-hydrogen) atoms. The lowest BCUT2D eigenvalue weighted by Crippen LogP contribution is -2.30. The average Bonchev–Trinajstić information content (AvgIpc) is 2.63. The van der Waals surface area contributed by atoms with E-state index in [0.717, 1.165) is 38.4 Å². The third kappa shape index (κ3) is 4.09. The van der Waals surface area contributed by atoms with Crippen LogP contribution >= 0.6 is 0 Å². The van der Waals surface area contributed by atoms with Crippen molar-refractivity contribution in [3.05, 3.63) is 47.7 Å². The molecule has 1 aromatic carbocycles. The first-order valence-electron chi connectivity index (χ1n) is 8.10. The van der Waals surface area contributed by atoms with E-state index in [9.17, 15) is 22.4 Å². The molecule has 1 amide bonds. The third-order valence-corrected chi connectivity index (χ3v) is 4.09. The number of benzene rings is 1. The van der Waals surface area contributed by atoms with Crippen molar-refractivity contribution in [2.45, 2.75) is 25.4 Å². The minimum Gasteiger partial charge on any atom is -0.357 e. The SMILES string of the molecule is O=C(Nc1ccc(F)c(C(F)(F)F)c1)c1cc(N2CCCCC2)ncn1. The Kier molecular flexibility index (Phi) is 5.06. The highest BCUT2D eigenvalue weighted by Gasteiger charge is 2.34. The number of carbonyl (C=O) groups excluding carboxylic acids is 1. The summed E-state index contributed by atoms with van der Waals surface area (Å²) >= 11 is 0. The molecule has 5 nitrogen and oxygen atoms in total. The molecule has 1 saturated heterocycles. The van der Waals surface area contributed by atoms with E-state index in [0.29, 0.717) is 18.0 Å². The number of amides is 1. The third-order valence-electron chi connectivity index (χ3n) is 4.09. The maximum atomic E-state index is 13.3. The standard InChI is InChI=1S/C17H16F4N4O/c18-13-5-4-11(8-12(13)17(19,20)21)24-16(26)14-9-15(23-10-22-14)25-6-2-1-3-7-25/h4-5,8-10H,1-3,6-7H2,(H,24,26). The van der Waals surface area contributed by atoms with E-state index in [1.165, 1.54) is 12.4 Å². The summed E-state index contributed by atoms with van der Waals surface area (Å²) in [6.07, 6.45) is -0.407. The molecule has 0 unspecified atom stereocenters. The topological polar surface area (TPSA) is 58.1 Å². The van der Waals surface area contributed by atoms with Gasteiger partial charge in [-0.05, 0) is 37.5 Å².